The molecule has 2 amide bonds. The molecule has 6 nitrogen and oxygen atoms in total. The second-order valence-corrected chi connectivity index (χ2v) is 5.27. The molecule has 0 aromatic carbocycles. The summed E-state index contributed by atoms with van der Waals surface area (Å²) in [5.41, 5.74) is 0. The van der Waals surface area contributed by atoms with Crippen LogP contribution < -0.4 is 5.32 Å². The number of rotatable bonds is 7. The molecule has 1 rings (SSSR count). The van der Waals surface area contributed by atoms with Gasteiger partial charge in [-0.05, 0) is 25.8 Å². The average Bonchev–Trinajstić information content (AvgIpc) is 2.45. The lowest BCUT2D eigenvalue weighted by molar-refractivity contribution is -0.136. The van der Waals surface area contributed by atoms with Crippen LogP contribution in [0, 0.1) is 0 Å². The van der Waals surface area contributed by atoms with Crippen LogP contribution in [0.15, 0.2) is 0 Å². The lowest BCUT2D eigenvalue weighted by Gasteiger charge is -2.32. The Morgan fingerprint density at radius 3 is 2.80 bits per heavy atom. The first-order valence-electron chi connectivity index (χ1n) is 7.28. The van der Waals surface area contributed by atoms with Gasteiger partial charge in [0.05, 0.1) is 19.1 Å². The van der Waals surface area contributed by atoms with Crippen LogP contribution in [0.1, 0.15) is 32.6 Å². The number of likely N-dealkylation sites (N-methyl/N-ethyl adjacent to an activating group) is 1. The zero-order valence-corrected chi connectivity index (χ0v) is 12.4. The van der Waals surface area contributed by atoms with Crippen LogP contribution in [0.4, 0.5) is 0 Å². The molecule has 6 heteroatoms. The van der Waals surface area contributed by atoms with Gasteiger partial charge >= 0.3 is 0 Å². The molecule has 0 bridgehead atoms. The monoisotopic (exact) mass is 283 g/mol. The van der Waals surface area contributed by atoms with Crippen molar-refractivity contribution in [3.8, 4) is 0 Å². The van der Waals surface area contributed by atoms with Crippen LogP contribution in [0.5, 0.6) is 0 Å². The second kappa shape index (κ2) is 8.68. The summed E-state index contributed by atoms with van der Waals surface area (Å²) < 4.78 is 0. The minimum absolute atomic E-state index is 0.0679. The van der Waals surface area contributed by atoms with Crippen LogP contribution in [0.25, 0.3) is 0 Å². The molecule has 1 aliphatic heterocycles. The number of piperidine rings is 1. The molecular weight excluding hydrogens is 258 g/mol. The Morgan fingerprint density at radius 2 is 2.15 bits per heavy atom. The lowest BCUT2D eigenvalue weighted by Crippen LogP contribution is -2.48. The number of aldehydes is 1. The summed E-state index contributed by atoms with van der Waals surface area (Å²) in [6.45, 7) is 3.65. The number of likely N-dealkylation sites (tertiary alicyclic amines) is 1. The fourth-order valence-electron chi connectivity index (χ4n) is 2.29. The maximum Gasteiger partial charge on any atom is 0.239 e. The van der Waals surface area contributed by atoms with Crippen LogP contribution in [0.2, 0.25) is 0 Å². The Kier molecular flexibility index (Phi) is 7.22. The summed E-state index contributed by atoms with van der Waals surface area (Å²) >= 11 is 0. The molecule has 0 spiro atoms. The third-order valence-corrected chi connectivity index (χ3v) is 3.54. The zero-order valence-electron chi connectivity index (χ0n) is 12.4. The second-order valence-electron chi connectivity index (χ2n) is 5.27. The number of amides is 2. The number of carbonyl (C=O) groups excluding carboxylic acids is 3. The highest BCUT2D eigenvalue weighted by molar-refractivity contribution is 5.85. The fraction of sp³-hybridized carbons (Fsp3) is 0.786. The van der Waals surface area contributed by atoms with E-state index >= 15 is 0 Å². The van der Waals surface area contributed by atoms with Crippen molar-refractivity contribution in [3.63, 3.8) is 0 Å². The van der Waals surface area contributed by atoms with Crippen molar-refractivity contribution in [2.24, 2.45) is 0 Å². The van der Waals surface area contributed by atoms with Gasteiger partial charge in [-0.3, -0.25) is 14.5 Å². The van der Waals surface area contributed by atoms with Gasteiger partial charge in [-0.1, -0.05) is 13.3 Å². The van der Waals surface area contributed by atoms with Gasteiger partial charge in [-0.25, -0.2) is 0 Å². The normalized spacial score (nSPS) is 19.4. The largest absolute Gasteiger partial charge is 0.355 e. The van der Waals surface area contributed by atoms with E-state index in [-0.39, 0.29) is 30.9 Å². The van der Waals surface area contributed by atoms with E-state index in [0.29, 0.717) is 6.54 Å². The molecule has 0 aliphatic carbocycles. The van der Waals surface area contributed by atoms with Gasteiger partial charge in [0.25, 0.3) is 0 Å². The molecule has 1 unspecified atom stereocenters. The van der Waals surface area contributed by atoms with E-state index in [1.807, 2.05) is 11.8 Å². The number of nitrogens with zero attached hydrogens (tertiary/aromatic N) is 2. The molecule has 1 heterocycles. The SMILES string of the molecule is CCCNC(=O)CN(C)C(=O)CN1CCCCC1C=O. The maximum atomic E-state index is 12.1. The van der Waals surface area contributed by atoms with E-state index in [2.05, 4.69) is 5.32 Å². The fourth-order valence-corrected chi connectivity index (χ4v) is 2.29. The number of hydrogen-bond acceptors (Lipinski definition) is 4. The molecule has 0 radical (unpaired) electrons. The molecule has 114 valence electrons. The van der Waals surface area contributed by atoms with Gasteiger partial charge in [-0.2, -0.15) is 0 Å². The van der Waals surface area contributed by atoms with Crippen LogP contribution in [-0.4, -0.2) is 67.2 Å². The van der Waals surface area contributed by atoms with E-state index in [9.17, 15) is 14.4 Å². The molecule has 1 saturated heterocycles. The van der Waals surface area contributed by atoms with E-state index in [0.717, 1.165) is 38.5 Å². The third-order valence-electron chi connectivity index (χ3n) is 3.54. The molecule has 1 N–H and O–H groups in total. The van der Waals surface area contributed by atoms with E-state index in [1.54, 1.807) is 7.05 Å². The first-order chi connectivity index (χ1) is 9.58. The standard InChI is InChI=1S/C14H25N3O3/c1-3-7-15-13(19)9-16(2)14(20)10-17-8-5-4-6-12(17)11-18/h11-12H,3-10H2,1-2H3,(H,15,19). The molecule has 0 saturated carbocycles. The Hall–Kier alpha value is -1.43. The summed E-state index contributed by atoms with van der Waals surface area (Å²) in [7, 11) is 1.62. The van der Waals surface area contributed by atoms with Crippen LogP contribution >= 0.6 is 0 Å². The molecular formula is C14H25N3O3. The Labute approximate surface area is 120 Å². The summed E-state index contributed by atoms with van der Waals surface area (Å²) in [6, 6.07) is -0.157. The van der Waals surface area contributed by atoms with E-state index < -0.39 is 0 Å². The molecule has 1 aliphatic rings. The first-order valence-corrected chi connectivity index (χ1v) is 7.28. The maximum absolute atomic E-state index is 12.1. The molecule has 1 fully saturated rings. The molecule has 0 aromatic heterocycles. The highest BCUT2D eigenvalue weighted by Gasteiger charge is 2.25. The van der Waals surface area contributed by atoms with E-state index in [1.165, 1.54) is 4.90 Å². The van der Waals surface area contributed by atoms with Gasteiger partial charge in [0.2, 0.25) is 11.8 Å². The van der Waals surface area contributed by atoms with Gasteiger partial charge in [0, 0.05) is 13.6 Å². The number of carbonyl (C=O) groups is 3. The van der Waals surface area contributed by atoms with Gasteiger partial charge in [0.1, 0.15) is 6.29 Å². The van der Waals surface area contributed by atoms with Crippen molar-refractivity contribution in [3.05, 3.63) is 0 Å². The number of nitrogens with one attached hydrogen (secondary N) is 1. The van der Waals surface area contributed by atoms with Crippen molar-refractivity contribution in [1.82, 2.24) is 15.1 Å². The lowest BCUT2D eigenvalue weighted by atomic mass is 10.0. The smallest absolute Gasteiger partial charge is 0.239 e. The van der Waals surface area contributed by atoms with Crippen molar-refractivity contribution in [1.29, 1.82) is 0 Å². The molecule has 20 heavy (non-hydrogen) atoms. The van der Waals surface area contributed by atoms with Gasteiger partial charge < -0.3 is 15.0 Å². The predicted octanol–water partition coefficient (Wildman–Crippen LogP) is 0.0244. The Bertz CT molecular complexity index is 347. The summed E-state index contributed by atoms with van der Waals surface area (Å²) in [6.07, 6.45) is 4.65. The topological polar surface area (TPSA) is 69.7 Å². The number of hydrogen-bond donors (Lipinski definition) is 1. The molecule has 0 aromatic rings. The summed E-state index contributed by atoms with van der Waals surface area (Å²) in [5, 5.41) is 2.74. The van der Waals surface area contributed by atoms with Crippen LogP contribution in [-0.2, 0) is 14.4 Å². The average molecular weight is 283 g/mol. The van der Waals surface area contributed by atoms with Crippen molar-refractivity contribution >= 4 is 18.1 Å². The minimum Gasteiger partial charge on any atom is -0.355 e. The first kappa shape index (κ1) is 16.6. The molecule has 1 atom stereocenters. The highest BCUT2D eigenvalue weighted by atomic mass is 16.2. The van der Waals surface area contributed by atoms with Gasteiger partial charge in [-0.15, -0.1) is 0 Å². The predicted molar refractivity (Wildman–Crippen MR) is 76.2 cm³/mol. The Balaban J connectivity index is 2.40. The summed E-state index contributed by atoms with van der Waals surface area (Å²) in [5.74, 6) is -0.265. The Morgan fingerprint density at radius 1 is 1.40 bits per heavy atom. The van der Waals surface area contributed by atoms with Crippen molar-refractivity contribution < 1.29 is 14.4 Å². The zero-order chi connectivity index (χ0) is 15.0. The quantitative estimate of drug-likeness (QED) is 0.669. The van der Waals surface area contributed by atoms with E-state index in [4.69, 9.17) is 0 Å². The third kappa shape index (κ3) is 5.28. The van der Waals surface area contributed by atoms with Crippen molar-refractivity contribution in [2.75, 3.05) is 33.2 Å². The summed E-state index contributed by atoms with van der Waals surface area (Å²) in [4.78, 5) is 37.9. The highest BCUT2D eigenvalue weighted by Crippen LogP contribution is 2.15. The van der Waals surface area contributed by atoms with Crippen molar-refractivity contribution in [2.45, 2.75) is 38.6 Å². The minimum atomic E-state index is -0.157. The van der Waals surface area contributed by atoms with Crippen LogP contribution in [0.3, 0.4) is 0 Å². The van der Waals surface area contributed by atoms with Gasteiger partial charge in [0.15, 0.2) is 0 Å².